The fraction of sp³-hybridized carbons (Fsp3) is 0.556. The van der Waals surface area contributed by atoms with Gasteiger partial charge in [0, 0.05) is 26.4 Å². The average molecular weight is 275 g/mol. The maximum atomic E-state index is 8.86. The molecule has 0 aliphatic carbocycles. The predicted molar refractivity (Wildman–Crippen MR) is 64.0 cm³/mol. The second kappa shape index (κ2) is 5.87. The van der Waals surface area contributed by atoms with Crippen molar-refractivity contribution in [2.24, 2.45) is 5.92 Å². The molecular weight excluding hydrogens is 260 g/mol. The Morgan fingerprint density at radius 1 is 1.60 bits per heavy atom. The zero-order valence-electron chi connectivity index (χ0n) is 8.79. The molecule has 3 N–H and O–H groups in total. The lowest BCUT2D eigenvalue weighted by molar-refractivity contribution is 0.244. The number of aromatic nitrogens is 2. The monoisotopic (exact) mass is 274 g/mol. The summed E-state index contributed by atoms with van der Waals surface area (Å²) in [5.41, 5.74) is 0. The first-order chi connectivity index (χ1) is 7.17. The molecule has 84 valence electrons. The van der Waals surface area contributed by atoms with Gasteiger partial charge in [-0.25, -0.2) is 4.98 Å². The standard InChI is InChI=1S/C9H15BrN4O/c1-6(5-15)3-12-9-13-4-7(10)8(11-2)14-9/h4,6,15H,3,5H2,1-2H3,(H2,11,12,13,14)/t6-/m0/s1. The number of rotatable bonds is 5. The number of halogens is 1. The number of nitrogens with one attached hydrogen (secondary N) is 2. The van der Waals surface area contributed by atoms with Gasteiger partial charge in [-0.2, -0.15) is 4.98 Å². The summed E-state index contributed by atoms with van der Waals surface area (Å²) in [6, 6.07) is 0. The number of hydrogen-bond acceptors (Lipinski definition) is 5. The fourth-order valence-electron chi connectivity index (χ4n) is 0.958. The molecule has 0 unspecified atom stereocenters. The first kappa shape index (κ1) is 12.2. The molecule has 0 spiro atoms. The molecule has 1 aromatic heterocycles. The van der Waals surface area contributed by atoms with E-state index in [0.29, 0.717) is 12.5 Å². The van der Waals surface area contributed by atoms with Gasteiger partial charge in [-0.15, -0.1) is 0 Å². The van der Waals surface area contributed by atoms with Crippen molar-refractivity contribution in [1.82, 2.24) is 9.97 Å². The summed E-state index contributed by atoms with van der Waals surface area (Å²) in [5, 5.41) is 14.9. The second-order valence-corrected chi connectivity index (χ2v) is 4.16. The largest absolute Gasteiger partial charge is 0.396 e. The Balaban J connectivity index is 2.62. The Morgan fingerprint density at radius 2 is 2.33 bits per heavy atom. The van der Waals surface area contributed by atoms with Crippen molar-refractivity contribution in [3.05, 3.63) is 10.7 Å². The highest BCUT2D eigenvalue weighted by Crippen LogP contribution is 2.19. The number of anilines is 2. The highest BCUT2D eigenvalue weighted by molar-refractivity contribution is 9.10. The maximum Gasteiger partial charge on any atom is 0.224 e. The van der Waals surface area contributed by atoms with Gasteiger partial charge < -0.3 is 15.7 Å². The summed E-state index contributed by atoms with van der Waals surface area (Å²) in [4.78, 5) is 8.34. The molecule has 1 heterocycles. The van der Waals surface area contributed by atoms with Crippen LogP contribution in [-0.2, 0) is 0 Å². The van der Waals surface area contributed by atoms with Crippen molar-refractivity contribution in [1.29, 1.82) is 0 Å². The Labute approximate surface area is 97.5 Å². The van der Waals surface area contributed by atoms with Crippen LogP contribution in [0.1, 0.15) is 6.92 Å². The van der Waals surface area contributed by atoms with Crippen molar-refractivity contribution in [2.45, 2.75) is 6.92 Å². The molecule has 0 fully saturated rings. The van der Waals surface area contributed by atoms with E-state index in [1.807, 2.05) is 6.92 Å². The van der Waals surface area contributed by atoms with Crippen LogP contribution in [0.5, 0.6) is 0 Å². The molecule has 0 saturated heterocycles. The van der Waals surface area contributed by atoms with Crippen LogP contribution >= 0.6 is 15.9 Å². The predicted octanol–water partition coefficient (Wildman–Crippen LogP) is 1.32. The van der Waals surface area contributed by atoms with Crippen LogP contribution in [0.4, 0.5) is 11.8 Å². The van der Waals surface area contributed by atoms with E-state index in [2.05, 4.69) is 36.5 Å². The van der Waals surface area contributed by atoms with Gasteiger partial charge in [0.1, 0.15) is 5.82 Å². The summed E-state index contributed by atoms with van der Waals surface area (Å²) < 4.78 is 0.825. The average Bonchev–Trinajstić information content (AvgIpc) is 2.27. The Hall–Kier alpha value is -0.880. The summed E-state index contributed by atoms with van der Waals surface area (Å²) in [7, 11) is 1.80. The van der Waals surface area contributed by atoms with Crippen LogP contribution in [0.3, 0.4) is 0 Å². The van der Waals surface area contributed by atoms with Gasteiger partial charge >= 0.3 is 0 Å². The van der Waals surface area contributed by atoms with Gasteiger partial charge in [0.2, 0.25) is 5.95 Å². The van der Waals surface area contributed by atoms with E-state index in [1.54, 1.807) is 13.2 Å². The van der Waals surface area contributed by atoms with E-state index in [9.17, 15) is 0 Å². The minimum atomic E-state index is 0.155. The van der Waals surface area contributed by atoms with Crippen molar-refractivity contribution in [3.8, 4) is 0 Å². The molecule has 0 saturated carbocycles. The summed E-state index contributed by atoms with van der Waals surface area (Å²) in [6.07, 6.45) is 1.69. The third-order valence-electron chi connectivity index (χ3n) is 1.90. The van der Waals surface area contributed by atoms with Crippen LogP contribution in [0, 0.1) is 5.92 Å². The third kappa shape index (κ3) is 3.64. The lowest BCUT2D eigenvalue weighted by atomic mass is 10.2. The maximum absolute atomic E-state index is 8.86. The number of aliphatic hydroxyl groups excluding tert-OH is 1. The van der Waals surface area contributed by atoms with Gasteiger partial charge in [-0.3, -0.25) is 0 Å². The molecular formula is C9H15BrN4O. The lowest BCUT2D eigenvalue weighted by Gasteiger charge is -2.10. The van der Waals surface area contributed by atoms with Crippen molar-refractivity contribution < 1.29 is 5.11 Å². The highest BCUT2D eigenvalue weighted by atomic mass is 79.9. The Morgan fingerprint density at radius 3 is 2.93 bits per heavy atom. The number of nitrogens with zero attached hydrogens (tertiary/aromatic N) is 2. The Kier molecular flexibility index (Phi) is 4.77. The molecule has 1 atom stereocenters. The number of aliphatic hydroxyl groups is 1. The summed E-state index contributed by atoms with van der Waals surface area (Å²) in [6.45, 7) is 2.76. The molecule has 1 aromatic rings. The van der Waals surface area contributed by atoms with Gasteiger partial charge in [-0.05, 0) is 21.8 Å². The first-order valence-corrected chi connectivity index (χ1v) is 5.51. The van der Waals surface area contributed by atoms with E-state index in [4.69, 9.17) is 5.11 Å². The SMILES string of the molecule is CNc1nc(NC[C@H](C)CO)ncc1Br. The van der Waals surface area contributed by atoms with Gasteiger partial charge in [0.15, 0.2) is 0 Å². The second-order valence-electron chi connectivity index (χ2n) is 3.31. The molecule has 6 heteroatoms. The van der Waals surface area contributed by atoms with Crippen molar-refractivity contribution >= 4 is 27.7 Å². The molecule has 5 nitrogen and oxygen atoms in total. The van der Waals surface area contributed by atoms with E-state index < -0.39 is 0 Å². The molecule has 0 aromatic carbocycles. The zero-order valence-corrected chi connectivity index (χ0v) is 10.4. The minimum absolute atomic E-state index is 0.155. The molecule has 15 heavy (non-hydrogen) atoms. The normalized spacial score (nSPS) is 12.3. The lowest BCUT2D eigenvalue weighted by Crippen LogP contribution is -2.16. The fourth-order valence-corrected chi connectivity index (χ4v) is 1.35. The topological polar surface area (TPSA) is 70.1 Å². The van der Waals surface area contributed by atoms with E-state index in [-0.39, 0.29) is 12.5 Å². The summed E-state index contributed by atoms with van der Waals surface area (Å²) in [5.74, 6) is 1.49. The summed E-state index contributed by atoms with van der Waals surface area (Å²) >= 11 is 3.33. The third-order valence-corrected chi connectivity index (χ3v) is 2.48. The van der Waals surface area contributed by atoms with Crippen molar-refractivity contribution in [3.63, 3.8) is 0 Å². The quantitative estimate of drug-likeness (QED) is 0.756. The molecule has 1 rings (SSSR count). The molecule has 0 amide bonds. The smallest absolute Gasteiger partial charge is 0.224 e. The molecule has 0 aliphatic heterocycles. The minimum Gasteiger partial charge on any atom is -0.396 e. The van der Waals surface area contributed by atoms with Gasteiger partial charge in [-0.1, -0.05) is 6.92 Å². The van der Waals surface area contributed by atoms with E-state index >= 15 is 0 Å². The van der Waals surface area contributed by atoms with Gasteiger partial charge in [0.25, 0.3) is 0 Å². The van der Waals surface area contributed by atoms with Crippen LogP contribution in [0.15, 0.2) is 10.7 Å². The zero-order chi connectivity index (χ0) is 11.3. The molecule has 0 aliphatic rings. The Bertz CT molecular complexity index is 321. The van der Waals surface area contributed by atoms with Crippen LogP contribution in [0.25, 0.3) is 0 Å². The van der Waals surface area contributed by atoms with Gasteiger partial charge in [0.05, 0.1) is 4.47 Å². The van der Waals surface area contributed by atoms with Crippen LogP contribution in [-0.4, -0.2) is 35.3 Å². The highest BCUT2D eigenvalue weighted by Gasteiger charge is 2.04. The molecule has 0 bridgehead atoms. The van der Waals surface area contributed by atoms with E-state index in [0.717, 1.165) is 10.3 Å². The number of hydrogen-bond donors (Lipinski definition) is 3. The molecule has 0 radical (unpaired) electrons. The van der Waals surface area contributed by atoms with Crippen molar-refractivity contribution in [2.75, 3.05) is 30.8 Å². The first-order valence-electron chi connectivity index (χ1n) is 4.72. The van der Waals surface area contributed by atoms with Crippen LogP contribution in [0.2, 0.25) is 0 Å². The van der Waals surface area contributed by atoms with Crippen LogP contribution < -0.4 is 10.6 Å². The van der Waals surface area contributed by atoms with E-state index in [1.165, 1.54) is 0 Å².